The van der Waals surface area contributed by atoms with Crippen molar-refractivity contribution >= 4 is 11.7 Å². The minimum absolute atomic E-state index is 0.0300. The molecule has 0 radical (unpaired) electrons. The summed E-state index contributed by atoms with van der Waals surface area (Å²) in [5.74, 6) is 0.896. The van der Waals surface area contributed by atoms with Crippen LogP contribution in [0.4, 0.5) is 5.69 Å². The number of rotatable bonds is 1. The van der Waals surface area contributed by atoms with E-state index < -0.39 is 0 Å². The number of fused-ring (bicyclic) bond motifs is 1. The van der Waals surface area contributed by atoms with Gasteiger partial charge in [-0.1, -0.05) is 0 Å². The van der Waals surface area contributed by atoms with Gasteiger partial charge < -0.3 is 14.8 Å². The van der Waals surface area contributed by atoms with E-state index in [0.717, 1.165) is 11.4 Å². The Morgan fingerprint density at radius 1 is 1.57 bits per heavy atom. The number of carbonyl (C=O) groups is 1. The first-order valence-electron chi connectivity index (χ1n) is 4.41. The van der Waals surface area contributed by atoms with E-state index >= 15 is 0 Å². The van der Waals surface area contributed by atoms with Crippen molar-refractivity contribution in [2.75, 3.05) is 5.32 Å². The molecule has 1 N–H and O–H groups in total. The van der Waals surface area contributed by atoms with E-state index in [4.69, 9.17) is 9.47 Å². The summed E-state index contributed by atoms with van der Waals surface area (Å²) in [7, 11) is 0. The second-order valence-corrected chi connectivity index (χ2v) is 3.16. The molecule has 0 aromatic heterocycles. The lowest BCUT2D eigenvalue weighted by Crippen LogP contribution is -2.13. The molecule has 1 aromatic carbocycles. The molecule has 4 heteroatoms. The number of benzene rings is 1. The van der Waals surface area contributed by atoms with Gasteiger partial charge in [-0.15, -0.1) is 0 Å². The molecular weight excluding hydrogens is 182 g/mol. The zero-order valence-electron chi connectivity index (χ0n) is 8.03. The highest BCUT2D eigenvalue weighted by Gasteiger charge is 2.18. The van der Waals surface area contributed by atoms with Gasteiger partial charge in [0.25, 0.3) is 0 Å². The normalized spacial score (nSPS) is 18.0. The summed E-state index contributed by atoms with van der Waals surface area (Å²) in [6.45, 7) is 3.28. The fraction of sp³-hybridized carbons (Fsp3) is 0.300. The molecule has 1 aliphatic rings. The van der Waals surface area contributed by atoms with Gasteiger partial charge in [0.15, 0.2) is 6.23 Å². The van der Waals surface area contributed by atoms with Gasteiger partial charge in [0.1, 0.15) is 11.5 Å². The third-order valence-electron chi connectivity index (χ3n) is 1.88. The van der Waals surface area contributed by atoms with E-state index in [2.05, 4.69) is 5.32 Å². The molecule has 1 aliphatic heterocycles. The van der Waals surface area contributed by atoms with Crippen LogP contribution in [0.2, 0.25) is 0 Å². The maximum absolute atomic E-state index is 10.7. The molecule has 1 atom stereocenters. The van der Waals surface area contributed by atoms with Crippen LogP contribution in [0.25, 0.3) is 0 Å². The fourth-order valence-corrected chi connectivity index (χ4v) is 1.39. The van der Waals surface area contributed by atoms with Crippen molar-refractivity contribution in [1.82, 2.24) is 0 Å². The number of hydrogen-bond donors (Lipinski definition) is 1. The Labute approximate surface area is 81.8 Å². The van der Waals surface area contributed by atoms with E-state index in [1.165, 1.54) is 6.92 Å². The molecule has 14 heavy (non-hydrogen) atoms. The van der Waals surface area contributed by atoms with Crippen LogP contribution in [0.5, 0.6) is 11.5 Å². The zero-order chi connectivity index (χ0) is 10.1. The topological polar surface area (TPSA) is 47.6 Å². The third kappa shape index (κ3) is 1.64. The molecule has 0 aliphatic carbocycles. The Morgan fingerprint density at radius 2 is 2.36 bits per heavy atom. The number of carbonyl (C=O) groups excluding carboxylic acids is 1. The Kier molecular flexibility index (Phi) is 2.04. The molecule has 0 bridgehead atoms. The summed E-state index contributed by atoms with van der Waals surface area (Å²) >= 11 is 0. The SMILES string of the molecule is CC(=O)Oc1ccc2c(c1)OC(C)N2. The van der Waals surface area contributed by atoms with Crippen molar-refractivity contribution in [2.24, 2.45) is 0 Å². The smallest absolute Gasteiger partial charge is 0.308 e. The minimum Gasteiger partial charge on any atom is -0.469 e. The van der Waals surface area contributed by atoms with E-state index in [1.807, 2.05) is 13.0 Å². The number of anilines is 1. The molecular formula is C10H11NO3. The lowest BCUT2D eigenvalue weighted by atomic mass is 10.3. The first kappa shape index (κ1) is 8.87. The molecule has 0 spiro atoms. The first-order valence-corrected chi connectivity index (χ1v) is 4.41. The highest BCUT2D eigenvalue weighted by Crippen LogP contribution is 2.34. The van der Waals surface area contributed by atoms with Crippen molar-refractivity contribution in [3.05, 3.63) is 18.2 Å². The quantitative estimate of drug-likeness (QED) is 0.545. The lowest BCUT2D eigenvalue weighted by Gasteiger charge is -2.03. The van der Waals surface area contributed by atoms with E-state index in [1.54, 1.807) is 12.1 Å². The average Bonchev–Trinajstić information content (AvgIpc) is 2.42. The van der Waals surface area contributed by atoms with Crippen molar-refractivity contribution in [2.45, 2.75) is 20.1 Å². The molecule has 1 aromatic rings. The van der Waals surface area contributed by atoms with Crippen LogP contribution in [0.15, 0.2) is 18.2 Å². The van der Waals surface area contributed by atoms with Crippen LogP contribution in [0.3, 0.4) is 0 Å². The number of hydrogen-bond acceptors (Lipinski definition) is 4. The largest absolute Gasteiger partial charge is 0.469 e. The number of nitrogens with one attached hydrogen (secondary N) is 1. The van der Waals surface area contributed by atoms with Crippen LogP contribution < -0.4 is 14.8 Å². The van der Waals surface area contributed by atoms with Gasteiger partial charge in [0.2, 0.25) is 0 Å². The van der Waals surface area contributed by atoms with Crippen LogP contribution in [-0.4, -0.2) is 12.2 Å². The van der Waals surface area contributed by atoms with Crippen LogP contribution in [-0.2, 0) is 4.79 Å². The molecule has 1 unspecified atom stereocenters. The molecule has 0 saturated carbocycles. The lowest BCUT2D eigenvalue weighted by molar-refractivity contribution is -0.131. The van der Waals surface area contributed by atoms with Crippen molar-refractivity contribution in [3.63, 3.8) is 0 Å². The Bertz CT molecular complexity index is 376. The summed E-state index contributed by atoms with van der Waals surface area (Å²) in [6, 6.07) is 5.26. The summed E-state index contributed by atoms with van der Waals surface area (Å²) in [5, 5.41) is 3.12. The van der Waals surface area contributed by atoms with Crippen LogP contribution >= 0.6 is 0 Å². The number of esters is 1. The van der Waals surface area contributed by atoms with E-state index in [-0.39, 0.29) is 12.2 Å². The highest BCUT2D eigenvalue weighted by atomic mass is 16.5. The Hall–Kier alpha value is -1.71. The summed E-state index contributed by atoms with van der Waals surface area (Å²) in [6.07, 6.45) is -0.0300. The monoisotopic (exact) mass is 193 g/mol. The molecule has 1 heterocycles. The molecule has 4 nitrogen and oxygen atoms in total. The van der Waals surface area contributed by atoms with Gasteiger partial charge in [-0.3, -0.25) is 4.79 Å². The summed E-state index contributed by atoms with van der Waals surface area (Å²) in [4.78, 5) is 10.7. The minimum atomic E-state index is -0.330. The van der Waals surface area contributed by atoms with Crippen molar-refractivity contribution in [3.8, 4) is 11.5 Å². The van der Waals surface area contributed by atoms with Gasteiger partial charge >= 0.3 is 5.97 Å². The van der Waals surface area contributed by atoms with Gasteiger partial charge in [0.05, 0.1) is 5.69 Å². The maximum atomic E-state index is 10.7. The van der Waals surface area contributed by atoms with E-state index in [9.17, 15) is 4.79 Å². The van der Waals surface area contributed by atoms with Gasteiger partial charge in [-0.05, 0) is 19.1 Å². The third-order valence-corrected chi connectivity index (χ3v) is 1.88. The van der Waals surface area contributed by atoms with Gasteiger partial charge in [0, 0.05) is 13.0 Å². The van der Waals surface area contributed by atoms with Gasteiger partial charge in [-0.25, -0.2) is 0 Å². The standard InChI is InChI=1S/C10H11NO3/c1-6-11-9-4-3-8(14-7(2)12)5-10(9)13-6/h3-6,11H,1-2H3. The average molecular weight is 193 g/mol. The van der Waals surface area contributed by atoms with Crippen molar-refractivity contribution < 1.29 is 14.3 Å². The fourth-order valence-electron chi connectivity index (χ4n) is 1.39. The zero-order valence-corrected chi connectivity index (χ0v) is 8.03. The second kappa shape index (κ2) is 3.21. The Balaban J connectivity index is 2.24. The molecule has 0 amide bonds. The predicted molar refractivity (Wildman–Crippen MR) is 51.5 cm³/mol. The Morgan fingerprint density at radius 3 is 3.07 bits per heavy atom. The first-order chi connectivity index (χ1) is 6.65. The predicted octanol–water partition coefficient (Wildman–Crippen LogP) is 1.76. The molecule has 0 saturated heterocycles. The number of ether oxygens (including phenoxy) is 2. The second-order valence-electron chi connectivity index (χ2n) is 3.16. The molecule has 74 valence electrons. The summed E-state index contributed by atoms with van der Waals surface area (Å²) < 4.78 is 10.4. The summed E-state index contributed by atoms with van der Waals surface area (Å²) in [5.41, 5.74) is 0.924. The van der Waals surface area contributed by atoms with Gasteiger partial charge in [-0.2, -0.15) is 0 Å². The molecule has 2 rings (SSSR count). The van der Waals surface area contributed by atoms with E-state index in [0.29, 0.717) is 5.75 Å². The molecule has 0 fully saturated rings. The van der Waals surface area contributed by atoms with Crippen LogP contribution in [0.1, 0.15) is 13.8 Å². The maximum Gasteiger partial charge on any atom is 0.308 e. The highest BCUT2D eigenvalue weighted by molar-refractivity contribution is 5.71. The van der Waals surface area contributed by atoms with Crippen LogP contribution in [0, 0.1) is 0 Å². The van der Waals surface area contributed by atoms with Crippen molar-refractivity contribution in [1.29, 1.82) is 0 Å².